The highest BCUT2D eigenvalue weighted by Gasteiger charge is 2.35. The van der Waals surface area contributed by atoms with Crippen molar-refractivity contribution in [1.29, 1.82) is 0 Å². The van der Waals surface area contributed by atoms with Gasteiger partial charge in [-0.25, -0.2) is 14.6 Å². The van der Waals surface area contributed by atoms with Crippen molar-refractivity contribution >= 4 is 63.6 Å². The molecule has 2 atom stereocenters. The normalized spacial score (nSPS) is 16.6. The molecule has 12 heteroatoms. The van der Waals surface area contributed by atoms with Crippen LogP contribution in [0.1, 0.15) is 23.5 Å². The number of nitrogens with one attached hydrogen (secondary N) is 1. The lowest BCUT2D eigenvalue weighted by atomic mass is 9.87. The van der Waals surface area contributed by atoms with Crippen LogP contribution in [-0.4, -0.2) is 64.9 Å². The van der Waals surface area contributed by atoms with Crippen molar-refractivity contribution in [3.8, 4) is 5.75 Å². The predicted molar refractivity (Wildman–Crippen MR) is 174 cm³/mol. The fourth-order valence-corrected chi connectivity index (χ4v) is 5.25. The van der Waals surface area contributed by atoms with Gasteiger partial charge in [0.25, 0.3) is 0 Å². The molecule has 1 aromatic heterocycles. The monoisotopic (exact) mass is 671 g/mol. The molecule has 1 N–H and O–H groups in total. The first-order valence-electron chi connectivity index (χ1n) is 14.4. The summed E-state index contributed by atoms with van der Waals surface area (Å²) in [4.78, 5) is 30.3. The summed E-state index contributed by atoms with van der Waals surface area (Å²) in [6, 6.07) is 27.3. The predicted octanol–water partition coefficient (Wildman–Crippen LogP) is 7.74. The molecule has 0 radical (unpaired) electrons. The first kappa shape index (κ1) is 32.6. The van der Waals surface area contributed by atoms with Crippen LogP contribution in [0.25, 0.3) is 10.8 Å². The third-order valence-corrected chi connectivity index (χ3v) is 7.57. The smallest absolute Gasteiger partial charge is 0.412 e. The van der Waals surface area contributed by atoms with E-state index in [9.17, 15) is 9.59 Å². The quantitative estimate of drug-likeness (QED) is 0.136. The number of piperidine rings is 1. The number of hydrogen-bond donors (Lipinski definition) is 1. The average molecular weight is 673 g/mol. The SMILES string of the molecule is O=C(Nc1ccccn1)OCCOc1ccc(C2CCN(C(=O)OCC(Cl)(Cl)Cl)CC2OCc2ccc3ccccc3c2)cc1. The van der Waals surface area contributed by atoms with Crippen LogP contribution >= 0.6 is 34.8 Å². The molecule has 0 bridgehead atoms. The number of amides is 2. The number of fused-ring (bicyclic) bond motifs is 1. The van der Waals surface area contributed by atoms with Gasteiger partial charge in [0.05, 0.1) is 19.3 Å². The van der Waals surface area contributed by atoms with E-state index >= 15 is 0 Å². The van der Waals surface area contributed by atoms with Crippen LogP contribution in [-0.2, 0) is 20.8 Å². The number of alkyl halides is 3. The Balaban J connectivity index is 1.19. The van der Waals surface area contributed by atoms with Gasteiger partial charge in [-0.2, -0.15) is 0 Å². The van der Waals surface area contributed by atoms with E-state index < -0.39 is 16.0 Å². The summed E-state index contributed by atoms with van der Waals surface area (Å²) < 4.78 is 20.9. The van der Waals surface area contributed by atoms with Gasteiger partial charge < -0.3 is 23.8 Å². The van der Waals surface area contributed by atoms with Gasteiger partial charge in [0.1, 0.15) is 31.4 Å². The molecule has 5 rings (SSSR count). The summed E-state index contributed by atoms with van der Waals surface area (Å²) in [6.45, 7) is 1.04. The third-order valence-electron chi connectivity index (χ3n) is 7.24. The number of rotatable bonds is 10. The second-order valence-corrected chi connectivity index (χ2v) is 13.0. The number of halogens is 3. The van der Waals surface area contributed by atoms with Crippen LogP contribution < -0.4 is 10.1 Å². The molecule has 45 heavy (non-hydrogen) atoms. The number of carbonyl (C=O) groups excluding carboxylic acids is 2. The highest BCUT2D eigenvalue weighted by Crippen LogP contribution is 2.33. The molecule has 2 heterocycles. The molecule has 3 aromatic carbocycles. The van der Waals surface area contributed by atoms with Crippen molar-refractivity contribution in [3.63, 3.8) is 0 Å². The molecule has 1 aliphatic heterocycles. The van der Waals surface area contributed by atoms with Crippen LogP contribution in [0.2, 0.25) is 0 Å². The van der Waals surface area contributed by atoms with E-state index in [0.717, 1.165) is 21.9 Å². The van der Waals surface area contributed by atoms with E-state index in [1.807, 2.05) is 42.5 Å². The molecule has 1 saturated heterocycles. The van der Waals surface area contributed by atoms with E-state index in [2.05, 4.69) is 34.6 Å². The zero-order valence-electron chi connectivity index (χ0n) is 24.2. The first-order chi connectivity index (χ1) is 21.7. The largest absolute Gasteiger partial charge is 0.490 e. The molecule has 1 fully saturated rings. The molecule has 2 amide bonds. The van der Waals surface area contributed by atoms with Gasteiger partial charge in [-0.3, -0.25) is 5.32 Å². The van der Waals surface area contributed by atoms with Crippen LogP contribution in [0.3, 0.4) is 0 Å². The zero-order chi connectivity index (χ0) is 31.6. The molecule has 1 aliphatic rings. The molecule has 0 spiro atoms. The minimum atomic E-state index is -1.69. The molecular formula is C33H32Cl3N3O6. The van der Waals surface area contributed by atoms with Crippen molar-refractivity contribution in [2.24, 2.45) is 0 Å². The zero-order valence-corrected chi connectivity index (χ0v) is 26.5. The lowest BCUT2D eigenvalue weighted by Crippen LogP contribution is -2.47. The summed E-state index contributed by atoms with van der Waals surface area (Å²) in [5, 5.41) is 4.83. The van der Waals surface area contributed by atoms with Crippen LogP contribution in [0.15, 0.2) is 91.1 Å². The van der Waals surface area contributed by atoms with Gasteiger partial charge in [-0.15, -0.1) is 0 Å². The molecular weight excluding hydrogens is 641 g/mol. The maximum Gasteiger partial charge on any atom is 0.412 e. The Morgan fingerprint density at radius 2 is 1.69 bits per heavy atom. The Bertz CT molecular complexity index is 1570. The highest BCUT2D eigenvalue weighted by molar-refractivity contribution is 6.67. The number of carbonyl (C=O) groups is 2. The minimum Gasteiger partial charge on any atom is -0.490 e. The van der Waals surface area contributed by atoms with Crippen molar-refractivity contribution in [1.82, 2.24) is 9.88 Å². The van der Waals surface area contributed by atoms with E-state index in [-0.39, 0.29) is 31.8 Å². The Morgan fingerprint density at radius 1 is 0.911 bits per heavy atom. The topological polar surface area (TPSA) is 99.2 Å². The average Bonchev–Trinajstić information content (AvgIpc) is 3.05. The van der Waals surface area contributed by atoms with E-state index in [4.69, 9.17) is 53.8 Å². The van der Waals surface area contributed by atoms with E-state index in [1.165, 1.54) is 0 Å². The highest BCUT2D eigenvalue weighted by atomic mass is 35.6. The lowest BCUT2D eigenvalue weighted by molar-refractivity contribution is -0.0236. The number of aromatic nitrogens is 1. The second-order valence-electron chi connectivity index (χ2n) is 10.4. The fourth-order valence-electron chi connectivity index (χ4n) is 5.08. The van der Waals surface area contributed by atoms with Gasteiger partial charge in [-0.1, -0.05) is 89.4 Å². The Labute approximate surface area is 276 Å². The van der Waals surface area contributed by atoms with Crippen molar-refractivity contribution in [3.05, 3.63) is 102 Å². The summed E-state index contributed by atoms with van der Waals surface area (Å²) in [6.07, 6.45) is 0.741. The van der Waals surface area contributed by atoms with Gasteiger partial charge >= 0.3 is 12.2 Å². The van der Waals surface area contributed by atoms with Gasteiger partial charge in [0, 0.05) is 18.7 Å². The maximum absolute atomic E-state index is 12.8. The maximum atomic E-state index is 12.8. The summed E-state index contributed by atoms with van der Waals surface area (Å²) >= 11 is 17.3. The van der Waals surface area contributed by atoms with Crippen molar-refractivity contribution in [2.75, 3.05) is 38.2 Å². The second kappa shape index (κ2) is 15.5. The molecule has 0 aliphatic carbocycles. The summed E-state index contributed by atoms with van der Waals surface area (Å²) in [5.41, 5.74) is 2.08. The number of likely N-dealkylation sites (tertiary alicyclic amines) is 1. The van der Waals surface area contributed by atoms with Gasteiger partial charge in [0.2, 0.25) is 3.79 Å². The Kier molecular flexibility index (Phi) is 11.2. The van der Waals surface area contributed by atoms with Crippen molar-refractivity contribution < 1.29 is 28.5 Å². The van der Waals surface area contributed by atoms with E-state index in [1.54, 1.807) is 29.3 Å². The fraction of sp³-hybridized carbons (Fsp3) is 0.303. The van der Waals surface area contributed by atoms with Gasteiger partial charge in [-0.05, 0) is 58.7 Å². The third kappa shape index (κ3) is 9.86. The molecule has 236 valence electrons. The van der Waals surface area contributed by atoms with Crippen LogP contribution in [0, 0.1) is 0 Å². The molecule has 4 aromatic rings. The first-order valence-corrected chi connectivity index (χ1v) is 15.5. The van der Waals surface area contributed by atoms with Crippen molar-refractivity contribution in [2.45, 2.75) is 28.8 Å². The number of ether oxygens (including phenoxy) is 4. The lowest BCUT2D eigenvalue weighted by Gasteiger charge is -2.38. The molecule has 2 unspecified atom stereocenters. The molecule has 0 saturated carbocycles. The number of pyridine rings is 1. The van der Waals surface area contributed by atoms with Crippen LogP contribution in [0.4, 0.5) is 15.4 Å². The Hall–Kier alpha value is -3.76. The number of nitrogens with zero attached hydrogens (tertiary/aromatic N) is 2. The van der Waals surface area contributed by atoms with E-state index in [0.29, 0.717) is 37.7 Å². The number of benzene rings is 3. The van der Waals surface area contributed by atoms with Crippen LogP contribution in [0.5, 0.6) is 5.75 Å². The molecule has 9 nitrogen and oxygen atoms in total. The number of hydrogen-bond acceptors (Lipinski definition) is 7. The number of anilines is 1. The minimum absolute atomic E-state index is 0.00959. The standard InChI is InChI=1S/C33H32Cl3N3O6/c34-33(35,36)22-45-32(41)39-16-14-28(29(20-39)44-21-23-8-9-24-5-1-2-6-26(24)19-23)25-10-12-27(13-11-25)42-17-18-43-31(40)38-30-7-3-4-15-37-30/h1-13,15,19,28-29H,14,16-18,20-22H2,(H,37,38,40). The van der Waals surface area contributed by atoms with Gasteiger partial charge in [0.15, 0.2) is 0 Å². The Morgan fingerprint density at radius 3 is 2.44 bits per heavy atom. The summed E-state index contributed by atoms with van der Waals surface area (Å²) in [5.74, 6) is 1.05. The summed E-state index contributed by atoms with van der Waals surface area (Å²) in [7, 11) is 0.